The Bertz CT molecular complexity index is 500. The van der Waals surface area contributed by atoms with Gasteiger partial charge in [0.25, 0.3) is 0 Å². The predicted octanol–water partition coefficient (Wildman–Crippen LogP) is 1.65. The zero-order valence-electron chi connectivity index (χ0n) is 8.18. The molecule has 1 heterocycles. The molecule has 4 nitrogen and oxygen atoms in total. The number of para-hydroxylation sites is 1. The van der Waals surface area contributed by atoms with Crippen molar-refractivity contribution in [2.24, 2.45) is 0 Å². The minimum absolute atomic E-state index is 0.192. The van der Waals surface area contributed by atoms with Crippen molar-refractivity contribution >= 4 is 16.8 Å². The van der Waals surface area contributed by atoms with E-state index in [1.807, 2.05) is 18.2 Å². The molecule has 1 aliphatic rings. The van der Waals surface area contributed by atoms with Gasteiger partial charge in [0.2, 0.25) is 0 Å². The van der Waals surface area contributed by atoms with Crippen molar-refractivity contribution < 1.29 is 9.52 Å². The molecule has 0 aliphatic heterocycles. The largest absolute Gasteiger partial charge is 0.440 e. The van der Waals surface area contributed by atoms with Gasteiger partial charge in [-0.15, -0.1) is 0 Å². The fourth-order valence-electron chi connectivity index (χ4n) is 1.95. The Kier molecular flexibility index (Phi) is 1.73. The number of nitrogens with zero attached hydrogens (tertiary/aromatic N) is 1. The Balaban J connectivity index is 2.03. The maximum Gasteiger partial charge on any atom is 0.198 e. The van der Waals surface area contributed by atoms with E-state index in [1.165, 1.54) is 0 Å². The SMILES string of the molecule is Nc1cccc2oc(C3CC(O)C3)nc12. The van der Waals surface area contributed by atoms with E-state index < -0.39 is 0 Å². The van der Waals surface area contributed by atoms with Gasteiger partial charge in [0.1, 0.15) is 5.52 Å². The van der Waals surface area contributed by atoms with Crippen LogP contribution in [0.1, 0.15) is 24.7 Å². The third-order valence-corrected chi connectivity index (χ3v) is 2.93. The third-order valence-electron chi connectivity index (χ3n) is 2.93. The lowest BCUT2D eigenvalue weighted by Gasteiger charge is -2.28. The summed E-state index contributed by atoms with van der Waals surface area (Å²) in [7, 11) is 0. The van der Waals surface area contributed by atoms with Crippen molar-refractivity contribution in [3.63, 3.8) is 0 Å². The predicted molar refractivity (Wildman–Crippen MR) is 56.4 cm³/mol. The molecule has 0 spiro atoms. The van der Waals surface area contributed by atoms with Crippen molar-refractivity contribution in [2.45, 2.75) is 24.9 Å². The van der Waals surface area contributed by atoms with Crippen molar-refractivity contribution in [3.05, 3.63) is 24.1 Å². The normalized spacial score (nSPS) is 25.4. The van der Waals surface area contributed by atoms with Gasteiger partial charge in [0.15, 0.2) is 11.5 Å². The van der Waals surface area contributed by atoms with Crippen LogP contribution in [0.15, 0.2) is 22.6 Å². The Morgan fingerprint density at radius 1 is 1.40 bits per heavy atom. The molecular weight excluding hydrogens is 192 g/mol. The number of fused-ring (bicyclic) bond motifs is 1. The van der Waals surface area contributed by atoms with Gasteiger partial charge in [-0.2, -0.15) is 0 Å². The molecule has 1 fully saturated rings. The van der Waals surface area contributed by atoms with Crippen LogP contribution in [0, 0.1) is 0 Å². The highest BCUT2D eigenvalue weighted by Crippen LogP contribution is 2.38. The standard InChI is InChI=1S/C11H12N2O2/c12-8-2-1-3-9-10(8)13-11(15-9)6-4-7(14)5-6/h1-3,6-7,14H,4-5,12H2. The van der Waals surface area contributed by atoms with Crippen LogP contribution in [-0.2, 0) is 0 Å². The van der Waals surface area contributed by atoms with Gasteiger partial charge in [-0.3, -0.25) is 0 Å². The van der Waals surface area contributed by atoms with Crippen molar-refractivity contribution in [2.75, 3.05) is 5.73 Å². The summed E-state index contributed by atoms with van der Waals surface area (Å²) >= 11 is 0. The summed E-state index contributed by atoms with van der Waals surface area (Å²) in [5.41, 5.74) is 7.88. The van der Waals surface area contributed by atoms with E-state index in [1.54, 1.807) is 0 Å². The number of benzene rings is 1. The molecule has 3 rings (SSSR count). The number of hydrogen-bond donors (Lipinski definition) is 2. The highest BCUT2D eigenvalue weighted by atomic mass is 16.3. The highest BCUT2D eigenvalue weighted by molar-refractivity contribution is 5.85. The highest BCUT2D eigenvalue weighted by Gasteiger charge is 2.32. The van der Waals surface area contributed by atoms with Crippen LogP contribution >= 0.6 is 0 Å². The average Bonchev–Trinajstić information content (AvgIpc) is 2.58. The molecule has 4 heteroatoms. The van der Waals surface area contributed by atoms with Crippen LogP contribution in [-0.4, -0.2) is 16.2 Å². The Labute approximate surface area is 86.7 Å². The first-order valence-corrected chi connectivity index (χ1v) is 5.07. The second kappa shape index (κ2) is 2.97. The molecule has 1 aromatic carbocycles. The number of aliphatic hydroxyl groups excluding tert-OH is 1. The molecular formula is C11H12N2O2. The van der Waals surface area contributed by atoms with Crippen LogP contribution in [0.5, 0.6) is 0 Å². The summed E-state index contributed by atoms with van der Waals surface area (Å²) in [6.45, 7) is 0. The molecule has 0 amide bonds. The fourth-order valence-corrected chi connectivity index (χ4v) is 1.95. The van der Waals surface area contributed by atoms with E-state index >= 15 is 0 Å². The zero-order valence-corrected chi connectivity index (χ0v) is 8.18. The molecule has 2 aromatic rings. The first kappa shape index (κ1) is 8.73. The fraction of sp³-hybridized carbons (Fsp3) is 0.364. The summed E-state index contributed by atoms with van der Waals surface area (Å²) in [4.78, 5) is 4.37. The molecule has 0 radical (unpaired) electrons. The number of aromatic nitrogens is 1. The van der Waals surface area contributed by atoms with Crippen LogP contribution in [0.3, 0.4) is 0 Å². The van der Waals surface area contributed by atoms with E-state index in [0.717, 1.165) is 23.9 Å². The Hall–Kier alpha value is -1.55. The lowest BCUT2D eigenvalue weighted by Crippen LogP contribution is -2.26. The average molecular weight is 204 g/mol. The number of nitrogens with two attached hydrogens (primary N) is 1. The molecule has 0 unspecified atom stereocenters. The number of hydrogen-bond acceptors (Lipinski definition) is 4. The molecule has 0 saturated heterocycles. The molecule has 1 aromatic heterocycles. The first-order valence-electron chi connectivity index (χ1n) is 5.07. The third kappa shape index (κ3) is 1.29. The van der Waals surface area contributed by atoms with E-state index in [9.17, 15) is 5.11 Å². The number of anilines is 1. The molecule has 0 bridgehead atoms. The summed E-state index contributed by atoms with van der Waals surface area (Å²) in [6, 6.07) is 5.52. The minimum Gasteiger partial charge on any atom is -0.440 e. The molecule has 3 N–H and O–H groups in total. The monoisotopic (exact) mass is 204 g/mol. The molecule has 0 atom stereocenters. The number of aliphatic hydroxyl groups is 1. The van der Waals surface area contributed by atoms with Crippen LogP contribution in [0.2, 0.25) is 0 Å². The van der Waals surface area contributed by atoms with Gasteiger partial charge in [0.05, 0.1) is 11.8 Å². The summed E-state index contributed by atoms with van der Waals surface area (Å²) < 4.78 is 5.60. The summed E-state index contributed by atoms with van der Waals surface area (Å²) in [5, 5.41) is 9.21. The Morgan fingerprint density at radius 3 is 2.87 bits per heavy atom. The number of nitrogen functional groups attached to an aromatic ring is 1. The summed E-state index contributed by atoms with van der Waals surface area (Å²) in [6.07, 6.45) is 1.29. The second-order valence-corrected chi connectivity index (χ2v) is 4.07. The lowest BCUT2D eigenvalue weighted by molar-refractivity contribution is 0.0655. The molecule has 15 heavy (non-hydrogen) atoms. The molecule has 1 saturated carbocycles. The maximum atomic E-state index is 9.21. The van der Waals surface area contributed by atoms with Crippen molar-refractivity contribution in [1.29, 1.82) is 0 Å². The van der Waals surface area contributed by atoms with E-state index in [0.29, 0.717) is 11.6 Å². The van der Waals surface area contributed by atoms with Gasteiger partial charge >= 0.3 is 0 Å². The first-order chi connectivity index (χ1) is 7.24. The second-order valence-electron chi connectivity index (χ2n) is 4.07. The topological polar surface area (TPSA) is 72.3 Å². The van der Waals surface area contributed by atoms with E-state index in [-0.39, 0.29) is 12.0 Å². The van der Waals surface area contributed by atoms with E-state index in [4.69, 9.17) is 10.2 Å². The summed E-state index contributed by atoms with van der Waals surface area (Å²) in [5.74, 6) is 0.958. The van der Waals surface area contributed by atoms with Gasteiger partial charge < -0.3 is 15.3 Å². The van der Waals surface area contributed by atoms with E-state index in [2.05, 4.69) is 4.98 Å². The van der Waals surface area contributed by atoms with Gasteiger partial charge in [-0.05, 0) is 25.0 Å². The lowest BCUT2D eigenvalue weighted by atomic mass is 9.82. The molecule has 1 aliphatic carbocycles. The van der Waals surface area contributed by atoms with Gasteiger partial charge in [-0.1, -0.05) is 6.07 Å². The van der Waals surface area contributed by atoms with Gasteiger partial charge in [-0.25, -0.2) is 4.98 Å². The van der Waals surface area contributed by atoms with Crippen LogP contribution in [0.4, 0.5) is 5.69 Å². The number of rotatable bonds is 1. The van der Waals surface area contributed by atoms with Crippen molar-refractivity contribution in [3.8, 4) is 0 Å². The van der Waals surface area contributed by atoms with Crippen LogP contribution in [0.25, 0.3) is 11.1 Å². The van der Waals surface area contributed by atoms with Gasteiger partial charge in [0, 0.05) is 5.92 Å². The quantitative estimate of drug-likeness (QED) is 0.693. The van der Waals surface area contributed by atoms with Crippen molar-refractivity contribution in [1.82, 2.24) is 4.98 Å². The zero-order chi connectivity index (χ0) is 10.4. The van der Waals surface area contributed by atoms with Crippen LogP contribution < -0.4 is 5.73 Å². The maximum absolute atomic E-state index is 9.21. The number of oxazole rings is 1. The molecule has 78 valence electrons. The Morgan fingerprint density at radius 2 is 2.20 bits per heavy atom. The smallest absolute Gasteiger partial charge is 0.198 e. The minimum atomic E-state index is -0.192.